The molecule has 1 N–H and O–H groups in total. The highest BCUT2D eigenvalue weighted by Crippen LogP contribution is 2.55. The summed E-state index contributed by atoms with van der Waals surface area (Å²) in [6, 6.07) is 22.8. The van der Waals surface area contributed by atoms with Crippen molar-refractivity contribution in [3.8, 4) is 5.75 Å². The lowest BCUT2D eigenvalue weighted by molar-refractivity contribution is -0.122. The van der Waals surface area contributed by atoms with Crippen molar-refractivity contribution in [1.82, 2.24) is 4.57 Å². The number of nitrogens with one attached hydrogen (secondary N) is 1. The van der Waals surface area contributed by atoms with Gasteiger partial charge in [0.05, 0.1) is 23.7 Å². The molecule has 8 nitrogen and oxygen atoms in total. The van der Waals surface area contributed by atoms with Crippen LogP contribution in [0.15, 0.2) is 88.7 Å². The molecule has 0 radical (unpaired) electrons. The molecular formula is C29H22ClN3O5S2. The van der Waals surface area contributed by atoms with Gasteiger partial charge in [-0.05, 0) is 42.5 Å². The normalized spacial score (nSPS) is 19.8. The lowest BCUT2D eigenvalue weighted by Crippen LogP contribution is -2.33. The van der Waals surface area contributed by atoms with E-state index in [0.29, 0.717) is 37.6 Å². The molecule has 0 saturated carbocycles. The summed E-state index contributed by atoms with van der Waals surface area (Å²) in [6.45, 7) is -0.249. The number of fused-ring (bicyclic) bond motifs is 2. The predicted molar refractivity (Wildman–Crippen MR) is 156 cm³/mol. The van der Waals surface area contributed by atoms with E-state index in [-0.39, 0.29) is 23.2 Å². The van der Waals surface area contributed by atoms with Crippen LogP contribution in [0.1, 0.15) is 16.4 Å². The minimum Gasteiger partial charge on any atom is -0.496 e. The molecular weight excluding hydrogens is 570 g/mol. The average molecular weight is 592 g/mol. The molecule has 3 atom stereocenters. The minimum atomic E-state index is -0.783. The number of nitrogens with zero attached hydrogens (tertiary/aromatic N) is 2. The second-order valence-corrected chi connectivity index (χ2v) is 11.9. The lowest BCUT2D eigenvalue weighted by atomic mass is 9.82. The Kier molecular flexibility index (Phi) is 6.99. The van der Waals surface area contributed by atoms with Gasteiger partial charge in [0.15, 0.2) is 0 Å². The Morgan fingerprint density at radius 2 is 1.65 bits per heavy atom. The van der Waals surface area contributed by atoms with E-state index in [1.165, 1.54) is 21.2 Å². The Bertz CT molecular complexity index is 1690. The van der Waals surface area contributed by atoms with Gasteiger partial charge in [0, 0.05) is 27.1 Å². The number of carbonyl (C=O) groups is 3. The first-order chi connectivity index (χ1) is 19.4. The van der Waals surface area contributed by atoms with Crippen LogP contribution >= 0.6 is 34.7 Å². The largest absolute Gasteiger partial charge is 0.496 e. The molecule has 3 amide bonds. The number of amides is 3. The van der Waals surface area contributed by atoms with E-state index >= 15 is 0 Å². The van der Waals surface area contributed by atoms with Crippen LogP contribution in [0.4, 0.5) is 11.4 Å². The fraction of sp³-hybridized carbons (Fsp3) is 0.172. The third-order valence-electron chi connectivity index (χ3n) is 6.97. The number of anilines is 2. The highest BCUT2D eigenvalue weighted by molar-refractivity contribution is 8.00. The summed E-state index contributed by atoms with van der Waals surface area (Å²) in [6.07, 6.45) is 0. The molecule has 6 rings (SSSR count). The molecule has 1 fully saturated rings. The number of ether oxygens (including phenoxy) is 1. The number of hydrogen-bond donors (Lipinski definition) is 1. The molecule has 3 aromatic carbocycles. The number of para-hydroxylation sites is 2. The van der Waals surface area contributed by atoms with Gasteiger partial charge in [-0.2, -0.15) is 0 Å². The number of methoxy groups -OCH3 is 1. The van der Waals surface area contributed by atoms with Crippen LogP contribution in [0.2, 0.25) is 5.02 Å². The van der Waals surface area contributed by atoms with Crippen molar-refractivity contribution in [3.63, 3.8) is 0 Å². The maximum atomic E-state index is 13.9. The zero-order valence-corrected chi connectivity index (χ0v) is 23.5. The summed E-state index contributed by atoms with van der Waals surface area (Å²) in [4.78, 5) is 55.5. The molecule has 2 aliphatic heterocycles. The van der Waals surface area contributed by atoms with Crippen molar-refractivity contribution >= 4 is 63.8 Å². The maximum absolute atomic E-state index is 13.9. The van der Waals surface area contributed by atoms with Crippen LogP contribution in [0.25, 0.3) is 0 Å². The van der Waals surface area contributed by atoms with Gasteiger partial charge in [-0.1, -0.05) is 71.1 Å². The standard InChI is InChI=1S/C29H22ClN3O5S2/c1-38-20-10-6-5-9-19(20)22-23-24(27(36)33(26(23)35)18-7-3-2-4-8-18)39-28-25(22)40-29(37)32(28)15-21(34)31-17-13-11-16(30)12-14-17/h2-14,22-24H,15H2,1H3,(H,31,34)/t22-,23?,24?/m1/s1. The second kappa shape index (κ2) is 10.6. The Hall–Kier alpha value is -3.86. The van der Waals surface area contributed by atoms with E-state index in [2.05, 4.69) is 5.32 Å². The van der Waals surface area contributed by atoms with Crippen LogP contribution in [-0.4, -0.2) is 34.6 Å². The number of carbonyl (C=O) groups excluding carboxylic acids is 3. The van der Waals surface area contributed by atoms with E-state index in [1.807, 2.05) is 24.3 Å². The monoisotopic (exact) mass is 591 g/mol. The molecule has 2 aliphatic rings. The smallest absolute Gasteiger partial charge is 0.308 e. The fourth-order valence-corrected chi connectivity index (χ4v) is 8.11. The first-order valence-corrected chi connectivity index (χ1v) is 14.5. The van der Waals surface area contributed by atoms with E-state index < -0.39 is 23.0 Å². The quantitative estimate of drug-likeness (QED) is 0.317. The van der Waals surface area contributed by atoms with E-state index in [4.69, 9.17) is 16.3 Å². The zero-order chi connectivity index (χ0) is 28.0. The van der Waals surface area contributed by atoms with E-state index in [9.17, 15) is 19.2 Å². The third kappa shape index (κ3) is 4.51. The van der Waals surface area contributed by atoms with Gasteiger partial charge in [0.25, 0.3) is 0 Å². The minimum absolute atomic E-state index is 0.249. The highest BCUT2D eigenvalue weighted by atomic mass is 35.5. The highest BCUT2D eigenvalue weighted by Gasteiger charge is 2.57. The Morgan fingerprint density at radius 1 is 0.950 bits per heavy atom. The molecule has 0 aliphatic carbocycles. The molecule has 2 unspecified atom stereocenters. The van der Waals surface area contributed by atoms with E-state index in [1.54, 1.807) is 61.7 Å². The van der Waals surface area contributed by atoms with Crippen molar-refractivity contribution in [2.75, 3.05) is 17.3 Å². The molecule has 1 saturated heterocycles. The maximum Gasteiger partial charge on any atom is 0.308 e. The number of rotatable bonds is 6. The predicted octanol–water partition coefficient (Wildman–Crippen LogP) is 5.01. The van der Waals surface area contributed by atoms with Crippen LogP contribution in [-0.2, 0) is 20.9 Å². The summed E-state index contributed by atoms with van der Waals surface area (Å²) in [5.74, 6) is -1.90. The fourth-order valence-electron chi connectivity index (χ4n) is 5.22. The number of halogens is 1. The van der Waals surface area contributed by atoms with Crippen LogP contribution in [0, 0.1) is 5.92 Å². The molecule has 202 valence electrons. The van der Waals surface area contributed by atoms with Crippen molar-refractivity contribution < 1.29 is 19.1 Å². The molecule has 0 bridgehead atoms. The van der Waals surface area contributed by atoms with Gasteiger partial charge in [-0.15, -0.1) is 0 Å². The molecule has 1 aromatic heterocycles. The SMILES string of the molecule is COc1ccccc1[C@H]1c2sc(=O)n(CC(=O)Nc3ccc(Cl)cc3)c2SC2C(=O)N(c3ccccc3)C(=O)C21. The molecule has 11 heteroatoms. The lowest BCUT2D eigenvalue weighted by Gasteiger charge is -2.31. The molecule has 40 heavy (non-hydrogen) atoms. The summed E-state index contributed by atoms with van der Waals surface area (Å²) in [5, 5.41) is 3.05. The van der Waals surface area contributed by atoms with Gasteiger partial charge in [-0.25, -0.2) is 4.90 Å². The van der Waals surface area contributed by atoms with Crippen LogP contribution in [0.3, 0.4) is 0 Å². The van der Waals surface area contributed by atoms with Crippen LogP contribution < -0.4 is 19.8 Å². The summed E-state index contributed by atoms with van der Waals surface area (Å²) >= 11 is 8.10. The number of hydrogen-bond acceptors (Lipinski definition) is 7. The zero-order valence-electron chi connectivity index (χ0n) is 21.1. The summed E-state index contributed by atoms with van der Waals surface area (Å²) < 4.78 is 7.03. The van der Waals surface area contributed by atoms with Crippen molar-refractivity contribution in [2.45, 2.75) is 22.7 Å². The molecule has 0 spiro atoms. The summed E-state index contributed by atoms with van der Waals surface area (Å²) in [5.41, 5.74) is 1.74. The van der Waals surface area contributed by atoms with Gasteiger partial charge < -0.3 is 10.1 Å². The van der Waals surface area contributed by atoms with Crippen molar-refractivity contribution in [3.05, 3.63) is 104 Å². The van der Waals surface area contributed by atoms with Gasteiger partial charge >= 0.3 is 4.87 Å². The van der Waals surface area contributed by atoms with Gasteiger partial charge in [-0.3, -0.25) is 23.7 Å². The van der Waals surface area contributed by atoms with Gasteiger partial charge in [0.1, 0.15) is 17.5 Å². The molecule has 3 heterocycles. The Labute approximate surface area is 242 Å². The number of imide groups is 1. The van der Waals surface area contributed by atoms with E-state index in [0.717, 1.165) is 11.3 Å². The first kappa shape index (κ1) is 26.4. The second-order valence-electron chi connectivity index (χ2n) is 9.31. The summed E-state index contributed by atoms with van der Waals surface area (Å²) in [7, 11) is 1.54. The average Bonchev–Trinajstić information content (AvgIpc) is 3.40. The van der Waals surface area contributed by atoms with Crippen molar-refractivity contribution in [2.24, 2.45) is 5.92 Å². The number of aromatic nitrogens is 1. The van der Waals surface area contributed by atoms with Gasteiger partial charge in [0.2, 0.25) is 17.7 Å². The van der Waals surface area contributed by atoms with Crippen molar-refractivity contribution in [1.29, 1.82) is 0 Å². The number of thiazole rings is 1. The number of thioether (sulfide) groups is 1. The molecule has 4 aromatic rings. The Balaban J connectivity index is 1.43. The number of benzene rings is 3. The third-order valence-corrected chi connectivity index (χ3v) is 9.82. The Morgan fingerprint density at radius 3 is 2.38 bits per heavy atom. The van der Waals surface area contributed by atoms with Crippen LogP contribution in [0.5, 0.6) is 5.75 Å². The topological polar surface area (TPSA) is 97.7 Å². The first-order valence-electron chi connectivity index (χ1n) is 12.4.